The largest absolute Gasteiger partial charge is 0.454 e. The van der Waals surface area contributed by atoms with Crippen LogP contribution in [0.2, 0.25) is 0 Å². The molecule has 0 aliphatic carbocycles. The Kier molecular flexibility index (Phi) is 7.43. The quantitative estimate of drug-likeness (QED) is 0.580. The van der Waals surface area contributed by atoms with Crippen LogP contribution in [0.1, 0.15) is 44.7 Å². The van der Waals surface area contributed by atoms with Crippen molar-refractivity contribution in [2.75, 3.05) is 33.0 Å². The van der Waals surface area contributed by atoms with Gasteiger partial charge in [0, 0.05) is 30.8 Å². The van der Waals surface area contributed by atoms with Crippen molar-refractivity contribution in [3.63, 3.8) is 0 Å². The predicted octanol–water partition coefficient (Wildman–Crippen LogP) is 3.36. The van der Waals surface area contributed by atoms with Gasteiger partial charge in [0.25, 0.3) is 0 Å². The van der Waals surface area contributed by atoms with Crippen LogP contribution in [0.25, 0.3) is 11.3 Å². The fraction of sp³-hybridized carbons (Fsp3) is 0.565. The summed E-state index contributed by atoms with van der Waals surface area (Å²) in [5.74, 6) is 1.92. The van der Waals surface area contributed by atoms with Gasteiger partial charge in [-0.25, -0.2) is 0 Å². The number of nitrogens with zero attached hydrogens (tertiary/aromatic N) is 2. The maximum Gasteiger partial charge on any atom is 0.246 e. The van der Waals surface area contributed by atoms with Gasteiger partial charge in [0.15, 0.2) is 17.3 Å². The van der Waals surface area contributed by atoms with Crippen LogP contribution in [0.5, 0.6) is 11.5 Å². The number of hydrogen-bond acceptors (Lipinski definition) is 7. The second kappa shape index (κ2) is 10.6. The van der Waals surface area contributed by atoms with E-state index in [0.717, 1.165) is 24.3 Å². The van der Waals surface area contributed by atoms with E-state index in [1.54, 1.807) is 6.07 Å². The molecule has 2 aliphatic rings. The first-order chi connectivity index (χ1) is 15.2. The predicted molar refractivity (Wildman–Crippen MR) is 115 cm³/mol. The van der Waals surface area contributed by atoms with Crippen LogP contribution in [0.15, 0.2) is 28.8 Å². The van der Waals surface area contributed by atoms with Crippen molar-refractivity contribution >= 4 is 5.91 Å². The van der Waals surface area contributed by atoms with E-state index in [0.29, 0.717) is 29.8 Å². The molecule has 8 heteroatoms. The van der Waals surface area contributed by atoms with Crippen molar-refractivity contribution in [2.24, 2.45) is 0 Å². The number of hydrogen-bond donors (Lipinski definition) is 1. The zero-order valence-corrected chi connectivity index (χ0v) is 18.1. The van der Waals surface area contributed by atoms with Gasteiger partial charge >= 0.3 is 0 Å². The van der Waals surface area contributed by atoms with E-state index in [1.807, 2.05) is 18.2 Å². The summed E-state index contributed by atoms with van der Waals surface area (Å²) in [6.07, 6.45) is 6.10. The van der Waals surface area contributed by atoms with E-state index >= 15 is 0 Å². The Hall–Kier alpha value is -2.58. The molecular formula is C23H31N3O5. The van der Waals surface area contributed by atoms with Gasteiger partial charge in [-0.05, 0) is 50.4 Å². The highest BCUT2D eigenvalue weighted by molar-refractivity contribution is 5.77. The Bertz CT molecular complexity index is 869. The number of ether oxygens (including phenoxy) is 3. The summed E-state index contributed by atoms with van der Waals surface area (Å²) in [7, 11) is 0. The Morgan fingerprint density at radius 3 is 3.06 bits per heavy atom. The molecule has 2 aromatic rings. The lowest BCUT2D eigenvalue weighted by Gasteiger charge is -2.35. The molecule has 0 radical (unpaired) electrons. The van der Waals surface area contributed by atoms with Gasteiger partial charge in [0.2, 0.25) is 12.7 Å². The third-order valence-electron chi connectivity index (χ3n) is 5.86. The van der Waals surface area contributed by atoms with E-state index in [1.165, 1.54) is 32.2 Å². The highest BCUT2D eigenvalue weighted by Gasteiger charge is 2.20. The Balaban J connectivity index is 1.13. The lowest BCUT2D eigenvalue weighted by atomic mass is 10.00. The topological polar surface area (TPSA) is 86.1 Å². The van der Waals surface area contributed by atoms with Crippen molar-refractivity contribution in [1.82, 2.24) is 15.4 Å². The van der Waals surface area contributed by atoms with Crippen LogP contribution in [-0.2, 0) is 16.1 Å². The number of carbonyl (C=O) groups is 1. The smallest absolute Gasteiger partial charge is 0.246 e. The van der Waals surface area contributed by atoms with Crippen molar-refractivity contribution < 1.29 is 23.5 Å². The van der Waals surface area contributed by atoms with Gasteiger partial charge in [-0.15, -0.1) is 0 Å². The second-order valence-electron chi connectivity index (χ2n) is 8.04. The highest BCUT2D eigenvalue weighted by Crippen LogP contribution is 2.36. The fourth-order valence-electron chi connectivity index (χ4n) is 4.19. The zero-order chi connectivity index (χ0) is 21.5. The number of rotatable bonds is 10. The molecule has 0 saturated carbocycles. The summed E-state index contributed by atoms with van der Waals surface area (Å²) in [5.41, 5.74) is 1.48. The average molecular weight is 430 g/mol. The van der Waals surface area contributed by atoms with Crippen LogP contribution in [-0.4, -0.2) is 55.0 Å². The molecule has 1 amide bonds. The van der Waals surface area contributed by atoms with Crippen LogP contribution in [0, 0.1) is 0 Å². The highest BCUT2D eigenvalue weighted by atomic mass is 16.7. The van der Waals surface area contributed by atoms with E-state index in [-0.39, 0.29) is 25.9 Å². The van der Waals surface area contributed by atoms with E-state index < -0.39 is 0 Å². The van der Waals surface area contributed by atoms with Gasteiger partial charge in [-0.1, -0.05) is 18.5 Å². The summed E-state index contributed by atoms with van der Waals surface area (Å²) in [4.78, 5) is 14.6. The number of amides is 1. The van der Waals surface area contributed by atoms with E-state index in [2.05, 4.69) is 22.3 Å². The van der Waals surface area contributed by atoms with Gasteiger partial charge in [0.1, 0.15) is 12.3 Å². The lowest BCUT2D eigenvalue weighted by molar-refractivity contribution is -0.126. The van der Waals surface area contributed by atoms with Gasteiger partial charge in [-0.2, -0.15) is 0 Å². The third kappa shape index (κ3) is 5.77. The van der Waals surface area contributed by atoms with Crippen LogP contribution >= 0.6 is 0 Å². The van der Waals surface area contributed by atoms with Crippen molar-refractivity contribution in [1.29, 1.82) is 0 Å². The van der Waals surface area contributed by atoms with Crippen LogP contribution < -0.4 is 14.8 Å². The normalized spacial score (nSPS) is 18.3. The molecule has 1 atom stereocenters. The Morgan fingerprint density at radius 1 is 1.26 bits per heavy atom. The van der Waals surface area contributed by atoms with Crippen molar-refractivity contribution in [2.45, 2.75) is 51.7 Å². The number of fused-ring (bicyclic) bond motifs is 1. The van der Waals surface area contributed by atoms with Crippen molar-refractivity contribution in [3.8, 4) is 22.8 Å². The van der Waals surface area contributed by atoms with Crippen LogP contribution in [0.3, 0.4) is 0 Å². The number of carbonyl (C=O) groups excluding carboxylic acids is 1. The molecular weight excluding hydrogens is 398 g/mol. The number of likely N-dealkylation sites (tertiary alicyclic amines) is 1. The van der Waals surface area contributed by atoms with E-state index in [4.69, 9.17) is 18.7 Å². The summed E-state index contributed by atoms with van der Waals surface area (Å²) in [6.45, 7) is 5.61. The molecule has 1 N–H and O–H groups in total. The summed E-state index contributed by atoms with van der Waals surface area (Å²) < 4.78 is 21.6. The second-order valence-corrected chi connectivity index (χ2v) is 8.04. The molecule has 3 heterocycles. The SMILES string of the molecule is CC[C@@H]1CCCCN1CCCNC(=O)COCc1cc(-c2ccc3c(c2)OCO3)on1. The number of benzene rings is 1. The average Bonchev–Trinajstić information content (AvgIpc) is 3.46. The molecule has 1 aromatic heterocycles. The maximum absolute atomic E-state index is 12.0. The molecule has 8 nitrogen and oxygen atoms in total. The van der Waals surface area contributed by atoms with Gasteiger partial charge < -0.3 is 29.0 Å². The Labute approximate surface area is 182 Å². The van der Waals surface area contributed by atoms with Gasteiger partial charge in [-0.3, -0.25) is 4.79 Å². The maximum atomic E-state index is 12.0. The minimum Gasteiger partial charge on any atom is -0.454 e. The monoisotopic (exact) mass is 429 g/mol. The molecule has 1 saturated heterocycles. The fourth-order valence-corrected chi connectivity index (χ4v) is 4.19. The summed E-state index contributed by atoms with van der Waals surface area (Å²) in [5, 5.41) is 6.95. The minimum absolute atomic E-state index is 0.00746. The molecule has 0 unspecified atom stereocenters. The Morgan fingerprint density at radius 2 is 2.16 bits per heavy atom. The number of piperidine rings is 1. The lowest BCUT2D eigenvalue weighted by Crippen LogP contribution is -2.40. The summed E-state index contributed by atoms with van der Waals surface area (Å²) >= 11 is 0. The van der Waals surface area contributed by atoms with Crippen LogP contribution in [0.4, 0.5) is 0 Å². The first kappa shape index (κ1) is 21.6. The zero-order valence-electron chi connectivity index (χ0n) is 18.1. The first-order valence-corrected chi connectivity index (χ1v) is 11.2. The third-order valence-corrected chi connectivity index (χ3v) is 5.86. The standard InChI is InChI=1S/C23H31N3O5/c1-2-19-6-3-4-10-26(19)11-5-9-24-23(27)15-28-14-18-13-21(31-25-18)17-7-8-20-22(12-17)30-16-29-20/h7-8,12-13,19H,2-6,9-11,14-16H2,1H3,(H,24,27)/t19-/m1/s1. The molecule has 0 bridgehead atoms. The molecule has 1 aromatic carbocycles. The molecule has 31 heavy (non-hydrogen) atoms. The number of aromatic nitrogens is 1. The molecule has 2 aliphatic heterocycles. The molecule has 0 spiro atoms. The molecule has 168 valence electrons. The number of nitrogens with one attached hydrogen (secondary N) is 1. The molecule has 4 rings (SSSR count). The van der Waals surface area contributed by atoms with E-state index in [9.17, 15) is 4.79 Å². The first-order valence-electron chi connectivity index (χ1n) is 11.2. The van der Waals surface area contributed by atoms with Gasteiger partial charge in [0.05, 0.1) is 6.61 Å². The molecule has 1 fully saturated rings. The minimum atomic E-state index is -0.106. The summed E-state index contributed by atoms with van der Waals surface area (Å²) in [6, 6.07) is 8.09. The van der Waals surface area contributed by atoms with Crippen molar-refractivity contribution in [3.05, 3.63) is 30.0 Å².